The van der Waals surface area contributed by atoms with Crippen molar-refractivity contribution in [3.8, 4) is 0 Å². The van der Waals surface area contributed by atoms with E-state index in [1.807, 2.05) is 41.6 Å². The summed E-state index contributed by atoms with van der Waals surface area (Å²) in [5.41, 5.74) is 2.84. The molecule has 2 aromatic heterocycles. The highest BCUT2D eigenvalue weighted by atomic mass is 16.2. The van der Waals surface area contributed by atoms with Crippen LogP contribution in [-0.2, 0) is 6.42 Å². The topological polar surface area (TPSA) is 49.3 Å². The summed E-state index contributed by atoms with van der Waals surface area (Å²) in [6.45, 7) is 2.60. The average Bonchev–Trinajstić information content (AvgIpc) is 2.96. The van der Waals surface area contributed by atoms with Gasteiger partial charge in [-0.1, -0.05) is 12.8 Å². The smallest absolute Gasteiger partial charge is 0.272 e. The molecule has 5 heteroatoms. The third-order valence-corrected chi connectivity index (χ3v) is 4.79. The van der Waals surface area contributed by atoms with Crippen molar-refractivity contribution in [1.29, 1.82) is 0 Å². The van der Waals surface area contributed by atoms with Crippen LogP contribution in [0.25, 0.3) is 0 Å². The number of likely N-dealkylation sites (N-methyl/N-ethyl adjacent to an activating group) is 1. The Labute approximate surface area is 149 Å². The van der Waals surface area contributed by atoms with Crippen LogP contribution in [0.3, 0.4) is 0 Å². The number of amides is 1. The minimum Gasteiger partial charge on any atom is -0.373 e. The molecule has 0 unspecified atom stereocenters. The van der Waals surface area contributed by atoms with Crippen molar-refractivity contribution in [2.45, 2.75) is 32.1 Å². The molecule has 0 radical (unpaired) electrons. The van der Waals surface area contributed by atoms with E-state index in [-0.39, 0.29) is 5.91 Å². The van der Waals surface area contributed by atoms with Gasteiger partial charge in [0.1, 0.15) is 5.69 Å². The predicted molar refractivity (Wildman–Crippen MR) is 99.8 cm³/mol. The largest absolute Gasteiger partial charge is 0.373 e. The summed E-state index contributed by atoms with van der Waals surface area (Å²) >= 11 is 0. The number of pyridine rings is 2. The molecule has 3 rings (SSSR count). The summed E-state index contributed by atoms with van der Waals surface area (Å²) in [7, 11) is 2.05. The third-order valence-electron chi connectivity index (χ3n) is 4.79. The van der Waals surface area contributed by atoms with Gasteiger partial charge in [0.25, 0.3) is 5.91 Å². The van der Waals surface area contributed by atoms with Crippen LogP contribution in [-0.4, -0.2) is 47.5 Å². The Bertz CT molecular complexity index is 664. The number of aromatic nitrogens is 2. The fourth-order valence-corrected chi connectivity index (χ4v) is 3.15. The maximum absolute atomic E-state index is 12.6. The lowest BCUT2D eigenvalue weighted by Gasteiger charge is -2.21. The molecular formula is C20H26N4O. The van der Waals surface area contributed by atoms with Crippen molar-refractivity contribution >= 4 is 11.6 Å². The highest BCUT2D eigenvalue weighted by molar-refractivity contribution is 5.92. The summed E-state index contributed by atoms with van der Waals surface area (Å²) in [5.74, 6) is 0.0629. The van der Waals surface area contributed by atoms with Crippen molar-refractivity contribution in [2.75, 3.05) is 31.6 Å². The van der Waals surface area contributed by atoms with Crippen LogP contribution in [0.1, 0.15) is 41.7 Å². The Morgan fingerprint density at radius 3 is 2.44 bits per heavy atom. The van der Waals surface area contributed by atoms with Crippen LogP contribution < -0.4 is 4.90 Å². The first kappa shape index (κ1) is 17.4. The van der Waals surface area contributed by atoms with Gasteiger partial charge in [0.05, 0.1) is 11.9 Å². The van der Waals surface area contributed by atoms with Crippen LogP contribution in [0.4, 0.5) is 5.69 Å². The summed E-state index contributed by atoms with van der Waals surface area (Å²) in [5, 5.41) is 0. The van der Waals surface area contributed by atoms with Crippen LogP contribution in [0.15, 0.2) is 42.9 Å². The molecule has 2 aromatic rings. The molecule has 1 fully saturated rings. The lowest BCUT2D eigenvalue weighted by molar-refractivity contribution is 0.0756. The van der Waals surface area contributed by atoms with Crippen LogP contribution in [0, 0.1) is 0 Å². The molecule has 5 nitrogen and oxygen atoms in total. The zero-order chi connectivity index (χ0) is 17.5. The Balaban J connectivity index is 1.58. The summed E-state index contributed by atoms with van der Waals surface area (Å²) in [4.78, 5) is 25.2. The van der Waals surface area contributed by atoms with Crippen LogP contribution in [0.5, 0.6) is 0 Å². The Kier molecular flexibility index (Phi) is 5.99. The molecule has 1 aliphatic heterocycles. The zero-order valence-corrected chi connectivity index (χ0v) is 14.9. The number of nitrogens with zero attached hydrogens (tertiary/aromatic N) is 4. The minimum atomic E-state index is 0.0629. The molecule has 132 valence electrons. The first-order valence-corrected chi connectivity index (χ1v) is 9.09. The summed E-state index contributed by atoms with van der Waals surface area (Å²) < 4.78 is 0. The molecule has 1 saturated heterocycles. The number of anilines is 1. The number of carbonyl (C=O) groups is 1. The quantitative estimate of drug-likeness (QED) is 0.840. The van der Waals surface area contributed by atoms with E-state index in [0.717, 1.165) is 44.6 Å². The molecule has 1 aliphatic rings. The third kappa shape index (κ3) is 4.78. The molecule has 0 aromatic carbocycles. The highest BCUT2D eigenvalue weighted by Crippen LogP contribution is 2.16. The van der Waals surface area contributed by atoms with Gasteiger partial charge < -0.3 is 9.80 Å². The fourth-order valence-electron chi connectivity index (χ4n) is 3.15. The van der Waals surface area contributed by atoms with Gasteiger partial charge in [-0.15, -0.1) is 0 Å². The van der Waals surface area contributed by atoms with Crippen molar-refractivity contribution in [3.63, 3.8) is 0 Å². The molecule has 25 heavy (non-hydrogen) atoms. The lowest BCUT2D eigenvalue weighted by atomic mass is 10.2. The SMILES string of the molecule is CN(CCc1ccncc1)c1ccc(C(=O)N2CCCCCC2)nc1. The van der Waals surface area contributed by atoms with E-state index in [1.165, 1.54) is 18.4 Å². The minimum absolute atomic E-state index is 0.0629. The van der Waals surface area contributed by atoms with Crippen molar-refractivity contribution in [1.82, 2.24) is 14.9 Å². The molecule has 1 amide bonds. The van der Waals surface area contributed by atoms with E-state index in [4.69, 9.17) is 0 Å². The maximum Gasteiger partial charge on any atom is 0.272 e. The van der Waals surface area contributed by atoms with Gasteiger partial charge >= 0.3 is 0 Å². The molecular weight excluding hydrogens is 312 g/mol. The summed E-state index contributed by atoms with van der Waals surface area (Å²) in [6, 6.07) is 7.92. The average molecular weight is 338 g/mol. The standard InChI is InChI=1S/C20H26N4O/c1-23(15-10-17-8-11-21-12-9-17)18-6-7-19(22-16-18)20(25)24-13-4-2-3-5-14-24/h6-9,11-12,16H,2-5,10,13-15H2,1H3. The first-order valence-electron chi connectivity index (χ1n) is 9.09. The van der Waals surface area contributed by atoms with Crippen LogP contribution >= 0.6 is 0 Å². The number of hydrogen-bond donors (Lipinski definition) is 0. The Morgan fingerprint density at radius 2 is 1.80 bits per heavy atom. The normalized spacial score (nSPS) is 14.8. The second-order valence-corrected chi connectivity index (χ2v) is 6.64. The van der Waals surface area contributed by atoms with E-state index >= 15 is 0 Å². The van der Waals surface area contributed by atoms with Gasteiger partial charge in [-0.25, -0.2) is 4.98 Å². The number of rotatable bonds is 5. The van der Waals surface area contributed by atoms with Gasteiger partial charge in [-0.2, -0.15) is 0 Å². The molecule has 0 aliphatic carbocycles. The molecule has 0 atom stereocenters. The first-order chi connectivity index (χ1) is 12.2. The number of hydrogen-bond acceptors (Lipinski definition) is 4. The van der Waals surface area contributed by atoms with Gasteiger partial charge in [-0.3, -0.25) is 9.78 Å². The Morgan fingerprint density at radius 1 is 1.08 bits per heavy atom. The maximum atomic E-state index is 12.6. The number of carbonyl (C=O) groups excluding carboxylic acids is 1. The van der Waals surface area contributed by atoms with Crippen molar-refractivity contribution in [3.05, 3.63) is 54.1 Å². The van der Waals surface area contributed by atoms with E-state index in [9.17, 15) is 4.79 Å². The number of likely N-dealkylation sites (tertiary alicyclic amines) is 1. The fraction of sp³-hybridized carbons (Fsp3) is 0.450. The molecule has 0 saturated carbocycles. The van der Waals surface area contributed by atoms with E-state index in [0.29, 0.717) is 5.69 Å². The monoisotopic (exact) mass is 338 g/mol. The van der Waals surface area contributed by atoms with Gasteiger partial charge in [0, 0.05) is 39.1 Å². The van der Waals surface area contributed by atoms with Gasteiger partial charge in [-0.05, 0) is 49.1 Å². The molecule has 0 bridgehead atoms. The van der Waals surface area contributed by atoms with E-state index in [2.05, 4.69) is 21.9 Å². The second-order valence-electron chi connectivity index (χ2n) is 6.64. The van der Waals surface area contributed by atoms with Gasteiger partial charge in [0.15, 0.2) is 0 Å². The van der Waals surface area contributed by atoms with E-state index < -0.39 is 0 Å². The van der Waals surface area contributed by atoms with Crippen molar-refractivity contribution in [2.24, 2.45) is 0 Å². The van der Waals surface area contributed by atoms with E-state index in [1.54, 1.807) is 6.20 Å². The lowest BCUT2D eigenvalue weighted by Crippen LogP contribution is -2.32. The van der Waals surface area contributed by atoms with Crippen molar-refractivity contribution < 1.29 is 4.79 Å². The second kappa shape index (κ2) is 8.60. The molecule has 0 N–H and O–H groups in total. The highest BCUT2D eigenvalue weighted by Gasteiger charge is 2.18. The predicted octanol–water partition coefficient (Wildman–Crippen LogP) is 3.17. The zero-order valence-electron chi connectivity index (χ0n) is 14.9. The Hall–Kier alpha value is -2.43. The summed E-state index contributed by atoms with van der Waals surface area (Å²) in [6.07, 6.45) is 11.0. The molecule has 3 heterocycles. The molecule has 0 spiro atoms. The van der Waals surface area contributed by atoms with Gasteiger partial charge in [0.2, 0.25) is 0 Å². The van der Waals surface area contributed by atoms with Crippen LogP contribution in [0.2, 0.25) is 0 Å².